The quantitative estimate of drug-likeness (QED) is 0.509. The van der Waals surface area contributed by atoms with E-state index in [0.717, 1.165) is 12.7 Å². The molecule has 0 aliphatic carbocycles. The molecule has 0 saturated heterocycles. The molecule has 0 fully saturated rings. The van der Waals surface area contributed by atoms with Crippen LogP contribution in [0.2, 0.25) is 19.1 Å². The van der Waals surface area contributed by atoms with E-state index in [-0.39, 0.29) is 0 Å². The van der Waals surface area contributed by atoms with Crippen molar-refractivity contribution in [3.63, 3.8) is 0 Å². The summed E-state index contributed by atoms with van der Waals surface area (Å²) in [7, 11) is -1.57. The third-order valence-electron chi connectivity index (χ3n) is 1.41. The molecule has 0 saturated carbocycles. The largest absolute Gasteiger partial charge is 0.488 e. The van der Waals surface area contributed by atoms with E-state index in [9.17, 15) is 0 Å². The van der Waals surface area contributed by atoms with Gasteiger partial charge in [0.2, 0.25) is 0 Å². The zero-order valence-corrected chi connectivity index (χ0v) is 10.2. The average molecular weight is 206 g/mol. The fourth-order valence-corrected chi connectivity index (χ4v) is 3.84. The van der Waals surface area contributed by atoms with E-state index < -0.39 is 8.32 Å². The molecule has 0 aromatic rings. The van der Waals surface area contributed by atoms with Gasteiger partial charge in [0.15, 0.2) is 13.4 Å². The zero-order chi connectivity index (χ0) is 9.61. The van der Waals surface area contributed by atoms with Gasteiger partial charge in [-0.2, -0.15) is 0 Å². The van der Waals surface area contributed by atoms with Crippen LogP contribution in [0.15, 0.2) is 0 Å². The van der Waals surface area contributed by atoms with E-state index in [0.29, 0.717) is 11.7 Å². The highest BCUT2D eigenvalue weighted by Crippen LogP contribution is 2.12. The topological polar surface area (TPSA) is 18.5 Å². The smallest absolute Gasteiger partial charge is 0.194 e. The maximum atomic E-state index is 5.62. The van der Waals surface area contributed by atoms with Crippen LogP contribution in [0.3, 0.4) is 0 Å². The zero-order valence-electron chi connectivity index (χ0n) is 8.35. The molecule has 72 valence electrons. The second-order valence-corrected chi connectivity index (χ2v) is 7.79. The molecular formula is C8H18O2SSi. The number of ether oxygens (including phenoxy) is 1. The number of hydrogen-bond donors (Lipinski definition) is 0. The van der Waals surface area contributed by atoms with Crippen LogP contribution in [-0.4, -0.2) is 26.6 Å². The van der Waals surface area contributed by atoms with Crippen molar-refractivity contribution >= 4 is 25.6 Å². The third kappa shape index (κ3) is 5.68. The SMILES string of the molecule is CCOC(=S)C[Si](C)(C)OCC. The lowest BCUT2D eigenvalue weighted by molar-refractivity contribution is 0.316. The van der Waals surface area contributed by atoms with Gasteiger partial charge in [-0.25, -0.2) is 0 Å². The van der Waals surface area contributed by atoms with Crippen LogP contribution < -0.4 is 0 Å². The van der Waals surface area contributed by atoms with E-state index in [4.69, 9.17) is 21.4 Å². The molecule has 0 amide bonds. The van der Waals surface area contributed by atoms with Crippen molar-refractivity contribution in [2.45, 2.75) is 33.0 Å². The van der Waals surface area contributed by atoms with Gasteiger partial charge in [0, 0.05) is 12.7 Å². The third-order valence-corrected chi connectivity index (χ3v) is 4.17. The highest BCUT2D eigenvalue weighted by molar-refractivity contribution is 7.80. The average Bonchev–Trinajstić information content (AvgIpc) is 1.85. The summed E-state index contributed by atoms with van der Waals surface area (Å²) in [6.07, 6.45) is 0. The van der Waals surface area contributed by atoms with Gasteiger partial charge in [-0.1, -0.05) is 0 Å². The predicted octanol–water partition coefficient (Wildman–Crippen LogP) is 2.59. The molecule has 0 unspecified atom stereocenters. The second kappa shape index (κ2) is 5.67. The van der Waals surface area contributed by atoms with Crippen molar-refractivity contribution in [2.24, 2.45) is 0 Å². The van der Waals surface area contributed by atoms with Gasteiger partial charge >= 0.3 is 0 Å². The molecule has 0 radical (unpaired) electrons. The predicted molar refractivity (Wildman–Crippen MR) is 58.1 cm³/mol. The summed E-state index contributed by atoms with van der Waals surface area (Å²) in [5, 5.41) is 0.697. The van der Waals surface area contributed by atoms with Gasteiger partial charge < -0.3 is 9.16 Å². The van der Waals surface area contributed by atoms with Crippen LogP contribution in [0.1, 0.15) is 13.8 Å². The molecule has 2 nitrogen and oxygen atoms in total. The summed E-state index contributed by atoms with van der Waals surface area (Å²) in [5.74, 6) is 0. The summed E-state index contributed by atoms with van der Waals surface area (Å²) in [4.78, 5) is 0. The Hall–Kier alpha value is 0.0669. The summed E-state index contributed by atoms with van der Waals surface area (Å²) in [6.45, 7) is 9.70. The molecule has 0 N–H and O–H groups in total. The molecule has 0 aromatic heterocycles. The molecule has 0 spiro atoms. The van der Waals surface area contributed by atoms with Crippen LogP contribution in [0.5, 0.6) is 0 Å². The van der Waals surface area contributed by atoms with E-state index >= 15 is 0 Å². The number of rotatable bonds is 5. The number of hydrogen-bond acceptors (Lipinski definition) is 3. The minimum atomic E-state index is -1.57. The lowest BCUT2D eigenvalue weighted by Gasteiger charge is -2.21. The Balaban J connectivity index is 3.79. The monoisotopic (exact) mass is 206 g/mol. The maximum absolute atomic E-state index is 5.62. The van der Waals surface area contributed by atoms with Crippen LogP contribution in [0.25, 0.3) is 0 Å². The Labute approximate surface area is 81.4 Å². The molecule has 0 aliphatic heterocycles. The molecule has 0 heterocycles. The first kappa shape index (κ1) is 12.1. The first-order valence-electron chi connectivity index (χ1n) is 4.31. The summed E-state index contributed by atoms with van der Waals surface area (Å²) in [6, 6.07) is 0.823. The normalized spacial score (nSPS) is 11.3. The minimum absolute atomic E-state index is 0.662. The number of thiocarbonyl (C=S) groups is 1. The summed E-state index contributed by atoms with van der Waals surface area (Å²) in [5.41, 5.74) is 0. The first-order chi connectivity index (χ1) is 5.52. The Morgan fingerprint density at radius 1 is 1.25 bits per heavy atom. The fourth-order valence-electron chi connectivity index (χ4n) is 1.00. The Morgan fingerprint density at radius 3 is 2.25 bits per heavy atom. The van der Waals surface area contributed by atoms with Crippen LogP contribution in [-0.2, 0) is 9.16 Å². The van der Waals surface area contributed by atoms with Gasteiger partial charge in [-0.3, -0.25) is 0 Å². The molecule has 12 heavy (non-hydrogen) atoms. The summed E-state index contributed by atoms with van der Waals surface area (Å²) >= 11 is 5.05. The van der Waals surface area contributed by atoms with Crippen molar-refractivity contribution in [1.29, 1.82) is 0 Å². The molecule has 0 bridgehead atoms. The van der Waals surface area contributed by atoms with Crippen molar-refractivity contribution in [1.82, 2.24) is 0 Å². The second-order valence-electron chi connectivity index (χ2n) is 3.17. The first-order valence-corrected chi connectivity index (χ1v) is 7.83. The summed E-state index contributed by atoms with van der Waals surface area (Å²) < 4.78 is 10.8. The standard InChI is InChI=1S/C8H18O2SSi/c1-5-9-8(11)7-12(3,4)10-6-2/h5-7H2,1-4H3. The van der Waals surface area contributed by atoms with Crippen LogP contribution >= 0.6 is 12.2 Å². The van der Waals surface area contributed by atoms with Crippen molar-refractivity contribution in [3.8, 4) is 0 Å². The molecule has 0 rings (SSSR count). The van der Waals surface area contributed by atoms with Crippen LogP contribution in [0, 0.1) is 0 Å². The van der Waals surface area contributed by atoms with E-state index in [1.54, 1.807) is 0 Å². The van der Waals surface area contributed by atoms with Crippen molar-refractivity contribution in [3.05, 3.63) is 0 Å². The molecule has 0 atom stereocenters. The van der Waals surface area contributed by atoms with Crippen molar-refractivity contribution < 1.29 is 9.16 Å². The van der Waals surface area contributed by atoms with Gasteiger partial charge in [0.1, 0.15) is 0 Å². The van der Waals surface area contributed by atoms with Gasteiger partial charge in [-0.05, 0) is 39.2 Å². The van der Waals surface area contributed by atoms with E-state index in [1.165, 1.54) is 0 Å². The van der Waals surface area contributed by atoms with E-state index in [1.807, 2.05) is 13.8 Å². The lowest BCUT2D eigenvalue weighted by atomic mass is 10.8. The van der Waals surface area contributed by atoms with Gasteiger partial charge in [0.05, 0.1) is 6.61 Å². The molecule has 0 aliphatic rings. The highest BCUT2D eigenvalue weighted by Gasteiger charge is 2.24. The Morgan fingerprint density at radius 2 is 1.83 bits per heavy atom. The lowest BCUT2D eigenvalue weighted by Crippen LogP contribution is -2.33. The Kier molecular flexibility index (Phi) is 5.70. The molecule has 0 aromatic carbocycles. The fraction of sp³-hybridized carbons (Fsp3) is 0.875. The van der Waals surface area contributed by atoms with E-state index in [2.05, 4.69) is 13.1 Å². The molecule has 4 heteroatoms. The highest BCUT2D eigenvalue weighted by atomic mass is 32.1. The minimum Gasteiger partial charge on any atom is -0.488 e. The Bertz CT molecular complexity index is 148. The van der Waals surface area contributed by atoms with Gasteiger partial charge in [-0.15, -0.1) is 0 Å². The molecular weight excluding hydrogens is 188 g/mol. The maximum Gasteiger partial charge on any atom is 0.194 e. The van der Waals surface area contributed by atoms with Gasteiger partial charge in [0.25, 0.3) is 0 Å². The van der Waals surface area contributed by atoms with Crippen LogP contribution in [0.4, 0.5) is 0 Å². The van der Waals surface area contributed by atoms with Crippen molar-refractivity contribution in [2.75, 3.05) is 13.2 Å².